The van der Waals surface area contributed by atoms with E-state index >= 15 is 0 Å². The number of phenolic OH excluding ortho intramolecular Hbond substituents is 1. The Labute approximate surface area is 178 Å². The van der Waals surface area contributed by atoms with Crippen LogP contribution in [-0.2, 0) is 4.79 Å². The number of aryl methyl sites for hydroxylation is 2. The number of allylic oxidation sites excluding steroid dienone is 1. The maximum Gasteiger partial charge on any atom is 0.255 e. The summed E-state index contributed by atoms with van der Waals surface area (Å²) in [6.45, 7) is 5.78. The maximum absolute atomic E-state index is 13.1. The van der Waals surface area contributed by atoms with E-state index in [1.54, 1.807) is 19.1 Å². The van der Waals surface area contributed by atoms with Crippen molar-refractivity contribution in [3.05, 3.63) is 68.3 Å². The summed E-state index contributed by atoms with van der Waals surface area (Å²) in [6, 6.07) is 8.27. The number of thiocarbonyl (C=S) groups is 1. The lowest BCUT2D eigenvalue weighted by Crippen LogP contribution is -2.45. The fraction of sp³-hybridized carbons (Fsp3) is 0.200. The van der Waals surface area contributed by atoms with Gasteiger partial charge in [-0.15, -0.1) is 0 Å². The SMILES string of the molecule is CC1=C(C(=O)Nc2ccc(C)c(C)c2)C(c2cc(Cl)c(O)c(Cl)c2)NC(=S)N1. The zero-order valence-corrected chi connectivity index (χ0v) is 17.8. The molecule has 28 heavy (non-hydrogen) atoms. The Bertz CT molecular complexity index is 998. The molecule has 5 nitrogen and oxygen atoms in total. The van der Waals surface area contributed by atoms with Crippen LogP contribution < -0.4 is 16.0 Å². The number of benzene rings is 2. The van der Waals surface area contributed by atoms with Crippen LogP contribution in [0.15, 0.2) is 41.6 Å². The number of anilines is 1. The molecule has 0 aliphatic carbocycles. The minimum atomic E-state index is -0.573. The topological polar surface area (TPSA) is 73.4 Å². The Morgan fingerprint density at radius 2 is 1.75 bits per heavy atom. The number of carbonyl (C=O) groups excluding carboxylic acids is 1. The number of nitrogens with one attached hydrogen (secondary N) is 3. The van der Waals surface area contributed by atoms with Gasteiger partial charge < -0.3 is 21.1 Å². The lowest BCUT2D eigenvalue weighted by molar-refractivity contribution is -0.113. The zero-order valence-electron chi connectivity index (χ0n) is 15.5. The zero-order chi connectivity index (χ0) is 20.6. The summed E-state index contributed by atoms with van der Waals surface area (Å²) in [5, 5.41) is 19.4. The number of amides is 1. The van der Waals surface area contributed by atoms with Crippen molar-refractivity contribution in [3.8, 4) is 5.75 Å². The number of phenols is 1. The molecule has 3 rings (SSSR count). The smallest absolute Gasteiger partial charge is 0.255 e. The standard InChI is InChI=1S/C20H19Cl2N3O2S/c1-9-4-5-13(6-10(9)2)24-19(27)16-11(3)23-20(28)25-17(16)12-7-14(21)18(26)15(22)8-12/h4-8,17,26H,1-3H3,(H,24,27)(H2,23,25,28). The maximum atomic E-state index is 13.1. The molecule has 1 heterocycles. The van der Waals surface area contributed by atoms with Gasteiger partial charge >= 0.3 is 0 Å². The third-order valence-electron chi connectivity index (χ3n) is 4.65. The van der Waals surface area contributed by atoms with Crippen molar-refractivity contribution >= 4 is 52.1 Å². The van der Waals surface area contributed by atoms with E-state index in [0.29, 0.717) is 27.6 Å². The van der Waals surface area contributed by atoms with Gasteiger partial charge in [-0.3, -0.25) is 4.79 Å². The van der Waals surface area contributed by atoms with Crippen LogP contribution in [-0.4, -0.2) is 16.1 Å². The Balaban J connectivity index is 1.99. The van der Waals surface area contributed by atoms with E-state index in [1.165, 1.54) is 0 Å². The first-order valence-electron chi connectivity index (χ1n) is 8.52. The number of halogens is 2. The molecule has 0 saturated carbocycles. The van der Waals surface area contributed by atoms with Crippen LogP contribution in [0.25, 0.3) is 0 Å². The largest absolute Gasteiger partial charge is 0.505 e. The second-order valence-electron chi connectivity index (χ2n) is 6.66. The highest BCUT2D eigenvalue weighted by molar-refractivity contribution is 7.80. The first kappa shape index (κ1) is 20.5. The quantitative estimate of drug-likeness (QED) is 0.523. The van der Waals surface area contributed by atoms with E-state index in [-0.39, 0.29) is 21.7 Å². The van der Waals surface area contributed by atoms with Crippen molar-refractivity contribution in [1.82, 2.24) is 10.6 Å². The highest BCUT2D eigenvalue weighted by atomic mass is 35.5. The summed E-state index contributed by atoms with van der Waals surface area (Å²) in [7, 11) is 0. The molecule has 0 spiro atoms. The molecule has 0 fully saturated rings. The Hall–Kier alpha value is -2.28. The number of carbonyl (C=O) groups is 1. The molecule has 8 heteroatoms. The van der Waals surface area contributed by atoms with Crippen molar-refractivity contribution < 1.29 is 9.90 Å². The number of rotatable bonds is 3. The van der Waals surface area contributed by atoms with Crippen molar-refractivity contribution in [2.24, 2.45) is 0 Å². The summed E-state index contributed by atoms with van der Waals surface area (Å²) in [4.78, 5) is 13.1. The molecule has 1 unspecified atom stereocenters. The van der Waals surface area contributed by atoms with E-state index in [0.717, 1.165) is 11.1 Å². The molecule has 2 aromatic rings. The molecule has 0 aromatic heterocycles. The highest BCUT2D eigenvalue weighted by Crippen LogP contribution is 2.37. The average molecular weight is 436 g/mol. The summed E-state index contributed by atoms with van der Waals surface area (Å²) < 4.78 is 0. The third kappa shape index (κ3) is 4.09. The minimum Gasteiger partial charge on any atom is -0.505 e. The molecule has 1 atom stereocenters. The van der Waals surface area contributed by atoms with Crippen LogP contribution in [0.5, 0.6) is 5.75 Å². The molecule has 1 amide bonds. The third-order valence-corrected chi connectivity index (χ3v) is 5.45. The van der Waals surface area contributed by atoms with E-state index in [9.17, 15) is 9.90 Å². The lowest BCUT2D eigenvalue weighted by atomic mass is 9.94. The number of hydrogen-bond donors (Lipinski definition) is 4. The lowest BCUT2D eigenvalue weighted by Gasteiger charge is -2.30. The summed E-state index contributed by atoms with van der Waals surface area (Å²) in [6.07, 6.45) is 0. The predicted octanol–water partition coefficient (Wildman–Crippen LogP) is 4.75. The van der Waals surface area contributed by atoms with E-state index in [1.807, 2.05) is 32.0 Å². The van der Waals surface area contributed by atoms with Gasteiger partial charge in [-0.1, -0.05) is 29.3 Å². The van der Waals surface area contributed by atoms with Gasteiger partial charge in [0.05, 0.1) is 21.7 Å². The minimum absolute atomic E-state index is 0.0975. The van der Waals surface area contributed by atoms with Gasteiger partial charge in [0, 0.05) is 11.4 Å². The average Bonchev–Trinajstić information content (AvgIpc) is 2.61. The molecule has 4 N–H and O–H groups in total. The van der Waals surface area contributed by atoms with Gasteiger partial charge in [-0.25, -0.2) is 0 Å². The Morgan fingerprint density at radius 3 is 2.36 bits per heavy atom. The van der Waals surface area contributed by atoms with Crippen LogP contribution in [0.1, 0.15) is 29.7 Å². The van der Waals surface area contributed by atoms with Gasteiger partial charge in [0.15, 0.2) is 10.9 Å². The molecule has 1 aliphatic heterocycles. The molecular formula is C20H19Cl2N3O2S. The molecule has 1 aliphatic rings. The molecule has 0 saturated heterocycles. The van der Waals surface area contributed by atoms with E-state index < -0.39 is 6.04 Å². The molecule has 2 aromatic carbocycles. The number of hydrogen-bond acceptors (Lipinski definition) is 3. The molecule has 0 bridgehead atoms. The second-order valence-corrected chi connectivity index (χ2v) is 7.88. The van der Waals surface area contributed by atoms with E-state index in [2.05, 4.69) is 16.0 Å². The summed E-state index contributed by atoms with van der Waals surface area (Å²) >= 11 is 17.4. The van der Waals surface area contributed by atoms with Gasteiger partial charge in [-0.05, 0) is 73.9 Å². The van der Waals surface area contributed by atoms with Crippen LogP contribution in [0.4, 0.5) is 5.69 Å². The fourth-order valence-corrected chi connectivity index (χ4v) is 3.79. The van der Waals surface area contributed by atoms with Crippen molar-refractivity contribution in [1.29, 1.82) is 0 Å². The summed E-state index contributed by atoms with van der Waals surface area (Å²) in [5.41, 5.74) is 4.60. The van der Waals surface area contributed by atoms with Crippen LogP contribution in [0.2, 0.25) is 10.0 Å². The first-order chi connectivity index (χ1) is 13.2. The normalized spacial score (nSPS) is 16.5. The van der Waals surface area contributed by atoms with Crippen molar-refractivity contribution in [3.63, 3.8) is 0 Å². The predicted molar refractivity (Wildman–Crippen MR) is 117 cm³/mol. The first-order valence-corrected chi connectivity index (χ1v) is 9.68. The molecular weight excluding hydrogens is 417 g/mol. The molecule has 0 radical (unpaired) electrons. The van der Waals surface area contributed by atoms with Gasteiger partial charge in [0.2, 0.25) is 0 Å². The highest BCUT2D eigenvalue weighted by Gasteiger charge is 2.31. The Morgan fingerprint density at radius 1 is 1.11 bits per heavy atom. The van der Waals surface area contributed by atoms with Crippen LogP contribution in [0, 0.1) is 13.8 Å². The Kier molecular flexibility index (Phi) is 5.84. The van der Waals surface area contributed by atoms with Gasteiger partial charge in [0.25, 0.3) is 5.91 Å². The molecule has 146 valence electrons. The monoisotopic (exact) mass is 435 g/mol. The van der Waals surface area contributed by atoms with Crippen LogP contribution >= 0.6 is 35.4 Å². The van der Waals surface area contributed by atoms with Gasteiger partial charge in [-0.2, -0.15) is 0 Å². The van der Waals surface area contributed by atoms with E-state index in [4.69, 9.17) is 35.4 Å². The second kappa shape index (κ2) is 7.99. The van der Waals surface area contributed by atoms with Crippen LogP contribution in [0.3, 0.4) is 0 Å². The van der Waals surface area contributed by atoms with Crippen molar-refractivity contribution in [2.45, 2.75) is 26.8 Å². The van der Waals surface area contributed by atoms with Crippen molar-refractivity contribution in [2.75, 3.05) is 5.32 Å². The number of aromatic hydroxyl groups is 1. The van der Waals surface area contributed by atoms with Gasteiger partial charge in [0.1, 0.15) is 0 Å². The summed E-state index contributed by atoms with van der Waals surface area (Å²) in [5.74, 6) is -0.487. The fourth-order valence-electron chi connectivity index (χ4n) is 3.01.